The lowest BCUT2D eigenvalue weighted by molar-refractivity contribution is 0.116. The normalized spacial score (nSPS) is 11.9. The van der Waals surface area contributed by atoms with Crippen LogP contribution in [0.15, 0.2) is 24.5 Å². The third-order valence-electron chi connectivity index (χ3n) is 3.26. The van der Waals surface area contributed by atoms with Gasteiger partial charge in [-0.25, -0.2) is 0 Å². The summed E-state index contributed by atoms with van der Waals surface area (Å²) in [6.07, 6.45) is 2.93. The van der Waals surface area contributed by atoms with Gasteiger partial charge in [0.25, 0.3) is 0 Å². The zero-order chi connectivity index (χ0) is 18.3. The van der Waals surface area contributed by atoms with Gasteiger partial charge in [-0.2, -0.15) is 0 Å². The molecule has 0 aliphatic heterocycles. The van der Waals surface area contributed by atoms with Crippen molar-refractivity contribution in [3.8, 4) is 0 Å². The van der Waals surface area contributed by atoms with Gasteiger partial charge in [0.15, 0.2) is 0 Å². The van der Waals surface area contributed by atoms with Crippen molar-refractivity contribution in [2.45, 2.75) is 40.9 Å². The molecule has 6 nitrogen and oxygen atoms in total. The van der Waals surface area contributed by atoms with Gasteiger partial charge in [-0.3, -0.25) is 9.97 Å². The van der Waals surface area contributed by atoms with Crippen LogP contribution in [0.2, 0.25) is 10.0 Å². The minimum atomic E-state index is -0.0990. The van der Waals surface area contributed by atoms with E-state index in [9.17, 15) is 0 Å². The van der Waals surface area contributed by atoms with Crippen LogP contribution in [0.3, 0.4) is 0 Å². The molecule has 0 aromatic carbocycles. The van der Waals surface area contributed by atoms with E-state index in [0.717, 1.165) is 0 Å². The molecule has 0 aliphatic rings. The van der Waals surface area contributed by atoms with Gasteiger partial charge < -0.3 is 20.9 Å². The van der Waals surface area contributed by atoms with Gasteiger partial charge in [-0.1, -0.05) is 38.1 Å². The second-order valence-electron chi connectivity index (χ2n) is 5.03. The Balaban J connectivity index is 0. The van der Waals surface area contributed by atoms with Gasteiger partial charge in [0.05, 0.1) is 57.4 Å². The predicted octanol–water partition coefficient (Wildman–Crippen LogP) is 5.32. The van der Waals surface area contributed by atoms with E-state index in [4.69, 9.17) is 44.1 Å². The molecule has 2 heterocycles. The molecule has 4 N–H and O–H groups in total. The Hall–Kier alpha value is -1.60. The van der Waals surface area contributed by atoms with Crippen LogP contribution in [-0.2, 0) is 9.47 Å². The van der Waals surface area contributed by atoms with E-state index in [1.54, 1.807) is 38.7 Å². The van der Waals surface area contributed by atoms with E-state index in [2.05, 4.69) is 9.97 Å². The Morgan fingerprint density at radius 3 is 1.35 bits per heavy atom. The Labute approximate surface area is 166 Å². The Bertz CT molecular complexity index is 614. The van der Waals surface area contributed by atoms with Crippen LogP contribution < -0.4 is 11.5 Å². The van der Waals surface area contributed by atoms with Crippen molar-refractivity contribution in [3.05, 3.63) is 46.0 Å². The predicted molar refractivity (Wildman–Crippen MR) is 112 cm³/mol. The molecule has 2 aromatic heterocycles. The molecule has 0 radical (unpaired) electrons. The van der Waals surface area contributed by atoms with E-state index in [1.165, 1.54) is 0 Å². The minimum absolute atomic E-state index is 0. The van der Waals surface area contributed by atoms with Gasteiger partial charge in [0.2, 0.25) is 0 Å². The van der Waals surface area contributed by atoms with Crippen molar-refractivity contribution in [3.63, 3.8) is 0 Å². The number of methoxy groups -OCH3 is 2. The van der Waals surface area contributed by atoms with Crippen molar-refractivity contribution in [1.82, 2.24) is 9.97 Å². The molecule has 26 heavy (non-hydrogen) atoms. The third kappa shape index (κ3) is 7.74. The largest absolute Gasteiger partial charge is 0.397 e. The molecule has 0 unspecified atom stereocenters. The summed E-state index contributed by atoms with van der Waals surface area (Å²) in [4.78, 5) is 8.13. The maximum absolute atomic E-state index is 5.88. The quantitative estimate of drug-likeness (QED) is 0.715. The second kappa shape index (κ2) is 12.7. The molecule has 8 heteroatoms. The topological polar surface area (TPSA) is 96.3 Å². The molecule has 0 spiro atoms. The molecule has 0 bridgehead atoms. The number of nitrogens with two attached hydrogens (primary N) is 2. The maximum Gasteiger partial charge on any atom is 0.0977 e. The molecule has 0 amide bonds. The average molecular weight is 405 g/mol. The van der Waals surface area contributed by atoms with Crippen LogP contribution in [-0.4, -0.2) is 24.2 Å². The summed E-state index contributed by atoms with van der Waals surface area (Å²) in [6.45, 7) is 3.76. The van der Waals surface area contributed by atoms with Crippen LogP contribution in [0.5, 0.6) is 0 Å². The van der Waals surface area contributed by atoms with Crippen molar-refractivity contribution in [1.29, 1.82) is 0 Å². The van der Waals surface area contributed by atoms with Gasteiger partial charge >= 0.3 is 0 Å². The number of anilines is 2. The molecule has 0 saturated carbocycles. The van der Waals surface area contributed by atoms with Crippen molar-refractivity contribution >= 4 is 34.6 Å². The first-order valence-corrected chi connectivity index (χ1v) is 7.93. The second-order valence-corrected chi connectivity index (χ2v) is 5.84. The number of nitrogen functional groups attached to an aromatic ring is 2. The zero-order valence-electron chi connectivity index (χ0n) is 14.1. The van der Waals surface area contributed by atoms with Crippen LogP contribution in [0.25, 0.3) is 0 Å². The summed E-state index contributed by atoms with van der Waals surface area (Å²) in [5.41, 5.74) is 13.5. The SMILES string of the molecule is C.C.CO[C@@H](C)c1ncc(N)cc1Cl.CO[C@H](C)c1ncc(N)cc1Cl. The highest BCUT2D eigenvalue weighted by molar-refractivity contribution is 6.31. The molecular formula is C18H30Cl2N4O2. The van der Waals surface area contributed by atoms with Crippen LogP contribution >= 0.6 is 23.2 Å². The molecule has 0 fully saturated rings. The minimum Gasteiger partial charge on any atom is -0.397 e. The molecular weight excluding hydrogens is 375 g/mol. The summed E-state index contributed by atoms with van der Waals surface area (Å²) in [5, 5.41) is 1.09. The molecule has 2 aromatic rings. The highest BCUT2D eigenvalue weighted by atomic mass is 35.5. The number of halogens is 2. The van der Waals surface area contributed by atoms with Crippen molar-refractivity contribution < 1.29 is 9.47 Å². The Morgan fingerprint density at radius 2 is 1.12 bits per heavy atom. The van der Waals surface area contributed by atoms with E-state index in [0.29, 0.717) is 32.8 Å². The monoisotopic (exact) mass is 404 g/mol. The average Bonchev–Trinajstić information content (AvgIpc) is 2.54. The number of hydrogen-bond donors (Lipinski definition) is 2. The zero-order valence-corrected chi connectivity index (χ0v) is 15.6. The number of ether oxygens (including phenoxy) is 2. The number of rotatable bonds is 4. The first-order valence-electron chi connectivity index (χ1n) is 7.17. The number of nitrogens with zero attached hydrogens (tertiary/aromatic N) is 2. The van der Waals surface area contributed by atoms with Crippen LogP contribution in [0, 0.1) is 0 Å². The number of hydrogen-bond acceptors (Lipinski definition) is 6. The van der Waals surface area contributed by atoms with E-state index in [-0.39, 0.29) is 27.1 Å². The van der Waals surface area contributed by atoms with Crippen LogP contribution in [0.4, 0.5) is 11.4 Å². The standard InChI is InChI=1S/2C8H11ClN2O.2CH4/c2*1-5(12-2)8-7(9)3-6(10)4-11-8;;/h2*3-5H,10H2,1-2H3;2*1H4/t2*5-;;/m10../s1. The lowest BCUT2D eigenvalue weighted by Gasteiger charge is -2.10. The third-order valence-corrected chi connectivity index (χ3v) is 3.86. The first kappa shape index (κ1) is 26.6. The highest BCUT2D eigenvalue weighted by Gasteiger charge is 2.10. The Kier molecular flexibility index (Phi) is 13.0. The van der Waals surface area contributed by atoms with Gasteiger partial charge in [0.1, 0.15) is 0 Å². The molecule has 0 aliphatic carbocycles. The van der Waals surface area contributed by atoms with Crippen molar-refractivity contribution in [2.24, 2.45) is 0 Å². The lowest BCUT2D eigenvalue weighted by Crippen LogP contribution is -2.01. The van der Waals surface area contributed by atoms with Gasteiger partial charge in [0, 0.05) is 14.2 Å². The van der Waals surface area contributed by atoms with Gasteiger partial charge in [-0.15, -0.1) is 0 Å². The lowest BCUT2D eigenvalue weighted by atomic mass is 10.2. The van der Waals surface area contributed by atoms with Gasteiger partial charge in [-0.05, 0) is 26.0 Å². The molecule has 148 valence electrons. The molecule has 0 saturated heterocycles. The smallest absolute Gasteiger partial charge is 0.0977 e. The fourth-order valence-electron chi connectivity index (χ4n) is 1.75. The molecule has 2 rings (SSSR count). The fraction of sp³-hybridized carbons (Fsp3) is 0.444. The Morgan fingerprint density at radius 1 is 0.808 bits per heavy atom. The van der Waals surface area contributed by atoms with Crippen LogP contribution in [0.1, 0.15) is 52.3 Å². The number of aromatic nitrogens is 2. The summed E-state index contributed by atoms with van der Waals surface area (Å²) >= 11 is 11.8. The summed E-state index contributed by atoms with van der Waals surface area (Å²) in [5.74, 6) is 0. The number of pyridine rings is 2. The highest BCUT2D eigenvalue weighted by Crippen LogP contribution is 2.24. The molecule has 2 atom stereocenters. The van der Waals surface area contributed by atoms with E-state index >= 15 is 0 Å². The maximum atomic E-state index is 5.88. The van der Waals surface area contributed by atoms with Crippen molar-refractivity contribution in [2.75, 3.05) is 25.7 Å². The van der Waals surface area contributed by atoms with E-state index < -0.39 is 0 Å². The summed E-state index contributed by atoms with van der Waals surface area (Å²) in [6, 6.07) is 3.33. The summed E-state index contributed by atoms with van der Waals surface area (Å²) in [7, 11) is 3.22. The van der Waals surface area contributed by atoms with E-state index in [1.807, 2.05) is 13.8 Å². The fourth-order valence-corrected chi connectivity index (χ4v) is 2.40. The summed E-state index contributed by atoms with van der Waals surface area (Å²) < 4.78 is 10.1. The first-order chi connectivity index (χ1) is 11.3.